The molecule has 0 fully saturated rings. The summed E-state index contributed by atoms with van der Waals surface area (Å²) in [4.78, 5) is 14.6. The molecule has 0 aliphatic carbocycles. The van der Waals surface area contributed by atoms with E-state index in [9.17, 15) is 13.9 Å². The Bertz CT molecular complexity index is 592. The van der Waals surface area contributed by atoms with Crippen molar-refractivity contribution in [3.05, 3.63) is 35.4 Å². The van der Waals surface area contributed by atoms with E-state index >= 15 is 0 Å². The van der Waals surface area contributed by atoms with Gasteiger partial charge in [-0.1, -0.05) is 13.0 Å². The normalized spacial score (nSPS) is 14.4. The Hall–Kier alpha value is -2.48. The Morgan fingerprint density at radius 1 is 1.25 bits per heavy atom. The van der Waals surface area contributed by atoms with Gasteiger partial charge < -0.3 is 10.8 Å². The standard InChI is InChI=1S/C12H15F2N3O.C4H8N2/c1-2-12(18,6-16-8-17-7-15)10-4-3-9(13)5-11(10)14;1-3-6-4-5-2/h3-5,7-8,18H,2,6H2,1H3,(H2,15,16,17);3-4H,1-2H3. The molecule has 0 bridgehead atoms. The van der Waals surface area contributed by atoms with E-state index in [2.05, 4.69) is 20.0 Å². The van der Waals surface area contributed by atoms with Crippen LogP contribution >= 0.6 is 0 Å². The van der Waals surface area contributed by atoms with Crippen molar-refractivity contribution in [3.8, 4) is 0 Å². The molecule has 24 heavy (non-hydrogen) atoms. The molecule has 0 aliphatic heterocycles. The number of hydrogen-bond acceptors (Lipinski definition) is 3. The molecule has 0 saturated heterocycles. The summed E-state index contributed by atoms with van der Waals surface area (Å²) in [5.74, 6) is -1.48. The summed E-state index contributed by atoms with van der Waals surface area (Å²) in [5.41, 5.74) is 3.54. The van der Waals surface area contributed by atoms with Gasteiger partial charge in [-0.05, 0) is 19.4 Å². The number of hydrogen-bond donors (Lipinski definition) is 2. The Balaban J connectivity index is 0.000000754. The van der Waals surface area contributed by atoms with Gasteiger partial charge in [-0.15, -0.1) is 0 Å². The maximum absolute atomic E-state index is 13.6. The Morgan fingerprint density at radius 3 is 2.42 bits per heavy atom. The fraction of sp³-hybridized carbons (Fsp3) is 0.375. The highest BCUT2D eigenvalue weighted by Gasteiger charge is 2.30. The first-order chi connectivity index (χ1) is 11.4. The number of aliphatic hydroxyl groups is 1. The second-order valence-corrected chi connectivity index (χ2v) is 4.54. The van der Waals surface area contributed by atoms with Crippen molar-refractivity contribution in [1.82, 2.24) is 0 Å². The predicted molar refractivity (Wildman–Crippen MR) is 95.2 cm³/mol. The van der Waals surface area contributed by atoms with Crippen molar-refractivity contribution < 1.29 is 13.9 Å². The Morgan fingerprint density at radius 2 is 1.96 bits per heavy atom. The van der Waals surface area contributed by atoms with Crippen LogP contribution in [0.4, 0.5) is 8.78 Å². The van der Waals surface area contributed by atoms with Crippen LogP contribution in [0, 0.1) is 11.6 Å². The van der Waals surface area contributed by atoms with E-state index in [1.54, 1.807) is 20.2 Å². The summed E-state index contributed by atoms with van der Waals surface area (Å²) in [5, 5.41) is 10.3. The van der Waals surface area contributed by atoms with Crippen molar-refractivity contribution in [2.75, 3.05) is 13.6 Å². The molecule has 132 valence electrons. The molecule has 1 aromatic rings. The van der Waals surface area contributed by atoms with Gasteiger partial charge in [-0.25, -0.2) is 13.8 Å². The van der Waals surface area contributed by atoms with Gasteiger partial charge in [0.05, 0.1) is 12.9 Å². The molecule has 0 aromatic heterocycles. The molecule has 3 N–H and O–H groups in total. The molecule has 0 amide bonds. The monoisotopic (exact) mass is 339 g/mol. The third-order valence-corrected chi connectivity index (χ3v) is 2.94. The Kier molecular flexibility index (Phi) is 10.8. The lowest BCUT2D eigenvalue weighted by atomic mass is 9.91. The molecule has 8 heteroatoms. The number of rotatable bonds is 6. The zero-order valence-corrected chi connectivity index (χ0v) is 14.0. The van der Waals surface area contributed by atoms with Crippen molar-refractivity contribution in [1.29, 1.82) is 0 Å². The minimum Gasteiger partial charge on any atom is -0.390 e. The van der Waals surface area contributed by atoms with E-state index in [0.717, 1.165) is 18.5 Å². The average molecular weight is 339 g/mol. The topological polar surface area (TPSA) is 95.7 Å². The summed E-state index contributed by atoms with van der Waals surface area (Å²) >= 11 is 0. The molecule has 0 aliphatic rings. The molecule has 6 nitrogen and oxygen atoms in total. The number of benzene rings is 1. The highest BCUT2D eigenvalue weighted by molar-refractivity contribution is 5.70. The molecule has 1 aromatic carbocycles. The van der Waals surface area contributed by atoms with Gasteiger partial charge in [0.15, 0.2) is 0 Å². The molecular formula is C16H23F2N5O. The number of nitrogens with two attached hydrogens (primary N) is 1. The molecule has 0 saturated carbocycles. The van der Waals surface area contributed by atoms with Crippen LogP contribution in [0.5, 0.6) is 0 Å². The van der Waals surface area contributed by atoms with Crippen LogP contribution in [-0.2, 0) is 5.60 Å². The maximum atomic E-state index is 13.6. The van der Waals surface area contributed by atoms with Gasteiger partial charge in [0.1, 0.15) is 29.9 Å². The number of nitrogens with zero attached hydrogens (tertiary/aromatic N) is 4. The van der Waals surface area contributed by atoms with Gasteiger partial charge in [0.25, 0.3) is 0 Å². The Labute approximate surface area is 140 Å². The third kappa shape index (κ3) is 7.68. The van der Waals surface area contributed by atoms with E-state index in [-0.39, 0.29) is 18.5 Å². The van der Waals surface area contributed by atoms with Crippen molar-refractivity contribution in [3.63, 3.8) is 0 Å². The molecule has 0 heterocycles. The molecule has 0 radical (unpaired) electrons. The summed E-state index contributed by atoms with van der Waals surface area (Å²) in [6, 6.07) is 3.05. The van der Waals surface area contributed by atoms with Crippen molar-refractivity contribution in [2.45, 2.75) is 25.9 Å². The minimum atomic E-state index is -1.49. The largest absolute Gasteiger partial charge is 0.390 e. The lowest BCUT2D eigenvalue weighted by molar-refractivity contribution is 0.0388. The van der Waals surface area contributed by atoms with E-state index in [1.807, 2.05) is 6.92 Å². The molecule has 1 atom stereocenters. The molecule has 1 rings (SSSR count). The molecule has 1 unspecified atom stereocenters. The van der Waals surface area contributed by atoms with Crippen LogP contribution in [0.15, 0.2) is 38.2 Å². The van der Waals surface area contributed by atoms with Gasteiger partial charge in [-0.2, -0.15) is 0 Å². The maximum Gasteiger partial charge on any atom is 0.132 e. The molecular weight excluding hydrogens is 316 g/mol. The van der Waals surface area contributed by atoms with E-state index in [0.29, 0.717) is 0 Å². The van der Waals surface area contributed by atoms with Crippen LogP contribution in [0.1, 0.15) is 25.8 Å². The second-order valence-electron chi connectivity index (χ2n) is 4.54. The van der Waals surface area contributed by atoms with E-state index in [4.69, 9.17) is 5.73 Å². The quantitative estimate of drug-likeness (QED) is 0.614. The van der Waals surface area contributed by atoms with Crippen LogP contribution in [-0.4, -0.2) is 43.9 Å². The van der Waals surface area contributed by atoms with Gasteiger partial charge in [-0.3, -0.25) is 15.0 Å². The fourth-order valence-electron chi connectivity index (χ4n) is 1.67. The minimum absolute atomic E-state index is 0.0141. The number of aliphatic imine (C=N–C) groups is 4. The second kappa shape index (κ2) is 12.0. The first kappa shape index (κ1) is 21.5. The highest BCUT2D eigenvalue weighted by atomic mass is 19.1. The van der Waals surface area contributed by atoms with Crippen LogP contribution < -0.4 is 5.73 Å². The first-order valence-electron chi connectivity index (χ1n) is 7.23. The van der Waals surface area contributed by atoms with Gasteiger partial charge in [0, 0.05) is 24.9 Å². The first-order valence-corrected chi connectivity index (χ1v) is 7.23. The molecule has 0 spiro atoms. The van der Waals surface area contributed by atoms with E-state index in [1.165, 1.54) is 18.7 Å². The lowest BCUT2D eigenvalue weighted by Crippen LogP contribution is -2.29. The van der Waals surface area contributed by atoms with Crippen LogP contribution in [0.2, 0.25) is 0 Å². The average Bonchev–Trinajstić information content (AvgIpc) is 2.57. The van der Waals surface area contributed by atoms with Crippen molar-refractivity contribution in [2.24, 2.45) is 25.7 Å². The van der Waals surface area contributed by atoms with E-state index < -0.39 is 17.2 Å². The van der Waals surface area contributed by atoms with Crippen LogP contribution in [0.25, 0.3) is 0 Å². The fourth-order valence-corrected chi connectivity index (χ4v) is 1.67. The van der Waals surface area contributed by atoms with Crippen LogP contribution in [0.3, 0.4) is 0 Å². The van der Waals surface area contributed by atoms with Gasteiger partial charge >= 0.3 is 0 Å². The SMILES string of the molecule is CC=NC=NC.CCC(O)(CN=CN=CN)c1ccc(F)cc1F. The number of halogens is 2. The predicted octanol–water partition coefficient (Wildman–Crippen LogP) is 2.31. The lowest BCUT2D eigenvalue weighted by Gasteiger charge is -2.25. The van der Waals surface area contributed by atoms with Crippen molar-refractivity contribution >= 4 is 25.2 Å². The third-order valence-electron chi connectivity index (χ3n) is 2.94. The zero-order valence-electron chi connectivity index (χ0n) is 14.0. The smallest absolute Gasteiger partial charge is 0.132 e. The summed E-state index contributed by atoms with van der Waals surface area (Å²) < 4.78 is 26.4. The summed E-state index contributed by atoms with van der Waals surface area (Å²) in [6.45, 7) is 3.45. The highest BCUT2D eigenvalue weighted by Crippen LogP contribution is 2.28. The van der Waals surface area contributed by atoms with Gasteiger partial charge in [0.2, 0.25) is 0 Å². The zero-order chi connectivity index (χ0) is 18.4. The summed E-state index contributed by atoms with van der Waals surface area (Å²) in [6.07, 6.45) is 5.64. The summed E-state index contributed by atoms with van der Waals surface area (Å²) in [7, 11) is 1.69.